The number of benzene rings is 2. The number of rotatable bonds is 5. The molecule has 0 spiro atoms. The second-order valence-electron chi connectivity index (χ2n) is 8.52. The van der Waals surface area contributed by atoms with E-state index in [1.54, 1.807) is 0 Å². The molecule has 0 saturated carbocycles. The Labute approximate surface area is 166 Å². The second-order valence-corrected chi connectivity index (χ2v) is 13.3. The molecule has 2 heteroatoms. The second kappa shape index (κ2) is 8.36. The molecule has 0 radical (unpaired) electrons. The van der Waals surface area contributed by atoms with Crippen molar-refractivity contribution in [3.63, 3.8) is 0 Å². The third kappa shape index (κ3) is 4.65. The molecule has 0 amide bonds. The number of aryl methyl sites for hydroxylation is 2. The van der Waals surface area contributed by atoms with Crippen LogP contribution in [0.3, 0.4) is 0 Å². The molecule has 0 fully saturated rings. The van der Waals surface area contributed by atoms with Crippen LogP contribution in [-0.4, -0.2) is 13.2 Å². The van der Waals surface area contributed by atoms with Crippen LogP contribution in [-0.2, 0) is 11.8 Å². The predicted octanol–water partition coefficient (Wildman–Crippen LogP) is 6.60. The van der Waals surface area contributed by atoms with E-state index >= 15 is 0 Å². The number of phenolic OH excluding ortho intramolecular Hbond substituents is 1. The summed E-state index contributed by atoms with van der Waals surface area (Å²) in [5.41, 5.74) is 9.55. The van der Waals surface area contributed by atoms with Gasteiger partial charge in [-0.2, -0.15) is 0 Å². The van der Waals surface area contributed by atoms with Crippen LogP contribution in [0.15, 0.2) is 36.4 Å². The highest BCUT2D eigenvalue weighted by molar-refractivity contribution is 6.83. The summed E-state index contributed by atoms with van der Waals surface area (Å²) in [6, 6.07) is 12.9. The zero-order valence-corrected chi connectivity index (χ0v) is 19.0. The number of hydrogen-bond acceptors (Lipinski definition) is 1. The summed E-state index contributed by atoms with van der Waals surface area (Å²) in [5, 5.41) is 9.96. The van der Waals surface area contributed by atoms with Crippen molar-refractivity contribution in [3.8, 4) is 17.2 Å². The van der Waals surface area contributed by atoms with Gasteiger partial charge in [0.2, 0.25) is 0 Å². The minimum atomic E-state index is -1.39. The topological polar surface area (TPSA) is 20.2 Å². The molecular formula is C25H34OSi. The Morgan fingerprint density at radius 1 is 0.926 bits per heavy atom. The van der Waals surface area contributed by atoms with E-state index in [1.807, 2.05) is 13.0 Å². The average molecular weight is 379 g/mol. The molecule has 27 heavy (non-hydrogen) atoms. The monoisotopic (exact) mass is 378 g/mol. The highest BCUT2D eigenvalue weighted by atomic mass is 28.3. The highest BCUT2D eigenvalue weighted by Gasteiger charge is 2.31. The van der Waals surface area contributed by atoms with E-state index in [9.17, 15) is 5.11 Å². The number of hydrogen-bond donors (Lipinski definition) is 1. The fourth-order valence-corrected chi connectivity index (χ4v) is 4.26. The van der Waals surface area contributed by atoms with Gasteiger partial charge in [0.25, 0.3) is 0 Å². The van der Waals surface area contributed by atoms with Gasteiger partial charge in [-0.05, 0) is 60.6 Å². The molecule has 2 aromatic rings. The molecule has 0 unspecified atom stereocenters. The van der Waals surface area contributed by atoms with Crippen LogP contribution in [0.25, 0.3) is 0 Å². The van der Waals surface area contributed by atoms with E-state index in [1.165, 1.54) is 22.3 Å². The minimum Gasteiger partial charge on any atom is -0.508 e. The summed E-state index contributed by atoms with van der Waals surface area (Å²) in [6.07, 6.45) is 3.04. The summed E-state index contributed by atoms with van der Waals surface area (Å²) in [7, 11) is -1.39. The summed E-state index contributed by atoms with van der Waals surface area (Å²) in [4.78, 5) is 0. The molecule has 0 aliphatic rings. The summed E-state index contributed by atoms with van der Waals surface area (Å²) in [5.74, 6) is 3.82. The van der Waals surface area contributed by atoms with Crippen molar-refractivity contribution in [2.45, 2.75) is 72.0 Å². The van der Waals surface area contributed by atoms with E-state index < -0.39 is 8.07 Å². The van der Waals surface area contributed by atoms with Gasteiger partial charge >= 0.3 is 0 Å². The zero-order valence-electron chi connectivity index (χ0n) is 18.0. The maximum Gasteiger partial charge on any atom is 0.129 e. The maximum atomic E-state index is 9.96. The first-order chi connectivity index (χ1) is 12.7. The fourth-order valence-electron chi connectivity index (χ4n) is 3.75. The van der Waals surface area contributed by atoms with Gasteiger partial charge < -0.3 is 5.11 Å². The Morgan fingerprint density at radius 3 is 2.04 bits per heavy atom. The first-order valence-electron chi connectivity index (χ1n) is 10.1. The Balaban J connectivity index is 2.60. The minimum absolute atomic E-state index is 0.0346. The van der Waals surface area contributed by atoms with Gasteiger partial charge in [0.1, 0.15) is 13.8 Å². The predicted molar refractivity (Wildman–Crippen MR) is 120 cm³/mol. The van der Waals surface area contributed by atoms with Crippen LogP contribution in [0.1, 0.15) is 61.4 Å². The quantitative estimate of drug-likeness (QED) is 0.459. The fraction of sp³-hybridized carbons (Fsp3) is 0.440. The SMILES string of the molecule is CCc1cc(C(CC)(CC)c2ccc(O)c(C)c2)ccc1C#C[Si](C)(C)C. The highest BCUT2D eigenvalue weighted by Crippen LogP contribution is 2.40. The van der Waals surface area contributed by atoms with E-state index in [4.69, 9.17) is 0 Å². The van der Waals surface area contributed by atoms with Gasteiger partial charge in [0.15, 0.2) is 0 Å². The Hall–Kier alpha value is -1.98. The van der Waals surface area contributed by atoms with Gasteiger partial charge in [0.05, 0.1) is 0 Å². The summed E-state index contributed by atoms with van der Waals surface area (Å²) in [6.45, 7) is 15.6. The van der Waals surface area contributed by atoms with Crippen LogP contribution < -0.4 is 0 Å². The summed E-state index contributed by atoms with van der Waals surface area (Å²) >= 11 is 0. The molecule has 2 aromatic carbocycles. The van der Waals surface area contributed by atoms with E-state index in [-0.39, 0.29) is 5.41 Å². The largest absolute Gasteiger partial charge is 0.508 e. The maximum absolute atomic E-state index is 9.96. The van der Waals surface area contributed by atoms with Crippen LogP contribution >= 0.6 is 0 Å². The molecule has 1 N–H and O–H groups in total. The lowest BCUT2D eigenvalue weighted by Gasteiger charge is -2.34. The van der Waals surface area contributed by atoms with E-state index in [2.05, 4.69) is 82.2 Å². The molecular weight excluding hydrogens is 344 g/mol. The van der Waals surface area contributed by atoms with E-state index in [0.29, 0.717) is 5.75 Å². The molecule has 144 valence electrons. The molecule has 0 saturated heterocycles. The molecule has 0 aliphatic heterocycles. The van der Waals surface area contributed by atoms with Crippen LogP contribution in [0.5, 0.6) is 5.75 Å². The molecule has 0 atom stereocenters. The molecule has 0 heterocycles. The first-order valence-corrected chi connectivity index (χ1v) is 13.6. The van der Waals surface area contributed by atoms with Gasteiger partial charge in [-0.3, -0.25) is 0 Å². The third-order valence-corrected chi connectivity index (χ3v) is 6.44. The molecule has 1 nitrogen and oxygen atoms in total. The van der Waals surface area contributed by atoms with Crippen molar-refractivity contribution in [1.82, 2.24) is 0 Å². The molecule has 0 aliphatic carbocycles. The third-order valence-electron chi connectivity index (χ3n) is 5.57. The van der Waals surface area contributed by atoms with Crippen molar-refractivity contribution in [1.29, 1.82) is 0 Å². The van der Waals surface area contributed by atoms with Crippen molar-refractivity contribution in [2.24, 2.45) is 0 Å². The lowest BCUT2D eigenvalue weighted by atomic mass is 9.69. The normalized spacial score (nSPS) is 11.8. The Morgan fingerprint density at radius 2 is 1.52 bits per heavy atom. The smallest absolute Gasteiger partial charge is 0.129 e. The Bertz CT molecular complexity index is 858. The lowest BCUT2D eigenvalue weighted by Crippen LogP contribution is -2.26. The zero-order chi connectivity index (χ0) is 20.2. The van der Waals surface area contributed by atoms with Gasteiger partial charge in [-0.25, -0.2) is 0 Å². The van der Waals surface area contributed by atoms with Crippen LogP contribution in [0.4, 0.5) is 0 Å². The average Bonchev–Trinajstić information content (AvgIpc) is 2.64. The number of aromatic hydroxyl groups is 1. The Kier molecular flexibility index (Phi) is 6.60. The number of phenols is 1. The summed E-state index contributed by atoms with van der Waals surface area (Å²) < 4.78 is 0. The molecule has 0 aromatic heterocycles. The van der Waals surface area contributed by atoms with Crippen molar-refractivity contribution >= 4 is 8.07 Å². The first kappa shape index (κ1) is 21.3. The van der Waals surface area contributed by atoms with Crippen LogP contribution in [0, 0.1) is 18.4 Å². The molecule has 2 rings (SSSR count). The standard InChI is InChI=1S/C25H34OSi/c1-8-20-18-23(12-11-21(20)15-16-27(5,6)7)25(9-2,10-3)22-13-14-24(26)19(4)17-22/h11-14,17-18,26H,8-10H2,1-7H3. The van der Waals surface area contributed by atoms with Gasteiger partial charge in [-0.15, -0.1) is 5.54 Å². The van der Waals surface area contributed by atoms with Gasteiger partial charge in [-0.1, -0.05) is 70.6 Å². The van der Waals surface area contributed by atoms with Crippen molar-refractivity contribution < 1.29 is 5.11 Å². The van der Waals surface area contributed by atoms with Crippen LogP contribution in [0.2, 0.25) is 19.6 Å². The van der Waals surface area contributed by atoms with E-state index in [0.717, 1.165) is 24.8 Å². The lowest BCUT2D eigenvalue weighted by molar-refractivity contribution is 0.461. The van der Waals surface area contributed by atoms with Gasteiger partial charge in [0, 0.05) is 11.0 Å². The molecule has 0 bridgehead atoms. The van der Waals surface area contributed by atoms with Crippen molar-refractivity contribution in [2.75, 3.05) is 0 Å². The van der Waals surface area contributed by atoms with Crippen molar-refractivity contribution in [3.05, 3.63) is 64.2 Å².